The molecule has 158 valence electrons. The third-order valence-corrected chi connectivity index (χ3v) is 6.18. The van der Waals surface area contributed by atoms with Gasteiger partial charge in [-0.05, 0) is 49.6 Å². The molecule has 7 heteroatoms. The Labute approximate surface area is 181 Å². The molecule has 0 unspecified atom stereocenters. The van der Waals surface area contributed by atoms with E-state index < -0.39 is 5.41 Å². The number of ether oxygens (including phenoxy) is 2. The highest BCUT2D eigenvalue weighted by Crippen LogP contribution is 2.49. The number of aryl methyl sites for hydroxylation is 1. The van der Waals surface area contributed by atoms with Crippen molar-refractivity contribution in [3.8, 4) is 17.2 Å². The van der Waals surface area contributed by atoms with Crippen molar-refractivity contribution < 1.29 is 14.3 Å². The molecule has 2 aliphatic heterocycles. The number of anilines is 2. The molecule has 1 N–H and O–H groups in total. The van der Waals surface area contributed by atoms with Crippen molar-refractivity contribution in [2.24, 2.45) is 0 Å². The maximum Gasteiger partial charge on any atom is 0.235 e. The van der Waals surface area contributed by atoms with Crippen LogP contribution in [0.3, 0.4) is 0 Å². The second-order valence-electron chi connectivity index (χ2n) is 7.95. The Hall–Kier alpha value is -3.61. The highest BCUT2D eigenvalue weighted by Gasteiger charge is 2.49. The highest BCUT2D eigenvalue weighted by atomic mass is 16.5. The lowest BCUT2D eigenvalue weighted by atomic mass is 9.73. The molecule has 1 amide bonds. The first-order valence-electron chi connectivity index (χ1n) is 10.4. The van der Waals surface area contributed by atoms with Crippen molar-refractivity contribution in [3.63, 3.8) is 0 Å². The molecule has 0 saturated carbocycles. The second-order valence-corrected chi connectivity index (χ2v) is 7.95. The van der Waals surface area contributed by atoms with Gasteiger partial charge in [0.25, 0.3) is 0 Å². The van der Waals surface area contributed by atoms with Crippen LogP contribution < -0.4 is 19.7 Å². The molecule has 7 nitrogen and oxygen atoms in total. The summed E-state index contributed by atoms with van der Waals surface area (Å²) < 4.78 is 11.6. The summed E-state index contributed by atoms with van der Waals surface area (Å²) in [6, 6.07) is 15.3. The minimum Gasteiger partial charge on any atom is -0.493 e. The average Bonchev–Trinajstić information content (AvgIpc) is 3.04. The van der Waals surface area contributed by atoms with Gasteiger partial charge >= 0.3 is 0 Å². The van der Waals surface area contributed by atoms with Gasteiger partial charge in [0.1, 0.15) is 17.4 Å². The van der Waals surface area contributed by atoms with E-state index in [1.165, 1.54) is 0 Å². The summed E-state index contributed by atoms with van der Waals surface area (Å²) in [4.78, 5) is 24.1. The number of carbonyl (C=O) groups is 1. The fourth-order valence-corrected chi connectivity index (χ4v) is 4.51. The quantitative estimate of drug-likeness (QED) is 0.691. The SMILES string of the molecule is COc1cc2c(cc1Oc1ccccc1)NC(=O)C21CCN(c2ccnc(C)n2)CC1. The predicted octanol–water partition coefficient (Wildman–Crippen LogP) is 4.08. The van der Waals surface area contributed by atoms with E-state index in [1.54, 1.807) is 13.3 Å². The fraction of sp³-hybridized carbons (Fsp3) is 0.292. The molecule has 1 fully saturated rings. The molecule has 0 radical (unpaired) electrons. The number of para-hydroxylation sites is 1. The Morgan fingerprint density at radius 1 is 1.06 bits per heavy atom. The lowest BCUT2D eigenvalue weighted by Gasteiger charge is -2.38. The topological polar surface area (TPSA) is 76.6 Å². The van der Waals surface area contributed by atoms with Gasteiger partial charge in [-0.1, -0.05) is 18.2 Å². The molecule has 31 heavy (non-hydrogen) atoms. The van der Waals surface area contributed by atoms with Gasteiger partial charge in [-0.2, -0.15) is 0 Å². The van der Waals surface area contributed by atoms with Crippen LogP contribution in [0.4, 0.5) is 11.5 Å². The first-order valence-corrected chi connectivity index (χ1v) is 10.4. The van der Waals surface area contributed by atoms with Crippen molar-refractivity contribution in [2.75, 3.05) is 30.4 Å². The van der Waals surface area contributed by atoms with Crippen LogP contribution in [-0.4, -0.2) is 36.1 Å². The number of benzene rings is 2. The van der Waals surface area contributed by atoms with E-state index in [4.69, 9.17) is 9.47 Å². The standard InChI is InChI=1S/C24H24N4O3/c1-16-25-11-8-22(26-16)28-12-9-24(10-13-28)18-14-20(30-2)21(15-19(18)27-23(24)29)31-17-6-4-3-5-7-17/h3-8,11,14-15H,9-10,12-13H2,1-2H3,(H,27,29). The Bertz CT molecular complexity index is 1120. The number of rotatable bonds is 4. The summed E-state index contributed by atoms with van der Waals surface area (Å²) in [5, 5.41) is 3.08. The largest absolute Gasteiger partial charge is 0.493 e. The molecular weight excluding hydrogens is 392 g/mol. The molecule has 5 rings (SSSR count). The van der Waals surface area contributed by atoms with Crippen molar-refractivity contribution >= 4 is 17.4 Å². The maximum atomic E-state index is 13.1. The molecular formula is C24H24N4O3. The Balaban J connectivity index is 1.44. The molecule has 3 aromatic rings. The molecule has 0 atom stereocenters. The average molecular weight is 416 g/mol. The number of nitrogens with one attached hydrogen (secondary N) is 1. The highest BCUT2D eigenvalue weighted by molar-refractivity contribution is 6.07. The molecule has 2 aliphatic rings. The number of hydrogen-bond donors (Lipinski definition) is 1. The number of hydrogen-bond acceptors (Lipinski definition) is 6. The van der Waals surface area contributed by atoms with Crippen molar-refractivity contribution in [1.29, 1.82) is 0 Å². The van der Waals surface area contributed by atoms with E-state index in [0.717, 1.165) is 36.0 Å². The van der Waals surface area contributed by atoms with E-state index in [0.29, 0.717) is 30.1 Å². The van der Waals surface area contributed by atoms with E-state index in [9.17, 15) is 4.79 Å². The van der Waals surface area contributed by atoms with E-state index in [-0.39, 0.29) is 5.91 Å². The number of fused-ring (bicyclic) bond motifs is 2. The normalized spacial score (nSPS) is 16.7. The number of piperidine rings is 1. The maximum absolute atomic E-state index is 13.1. The minimum absolute atomic E-state index is 0.0416. The molecule has 1 aromatic heterocycles. The molecule has 1 spiro atoms. The third-order valence-electron chi connectivity index (χ3n) is 6.18. The first-order chi connectivity index (χ1) is 15.1. The van der Waals surface area contributed by atoms with E-state index in [1.807, 2.05) is 55.5 Å². The molecule has 1 saturated heterocycles. The van der Waals surface area contributed by atoms with Gasteiger partial charge in [-0.25, -0.2) is 9.97 Å². The smallest absolute Gasteiger partial charge is 0.235 e. The predicted molar refractivity (Wildman–Crippen MR) is 118 cm³/mol. The summed E-state index contributed by atoms with van der Waals surface area (Å²) in [6.45, 7) is 3.37. The summed E-state index contributed by atoms with van der Waals surface area (Å²) in [5.41, 5.74) is 1.21. The van der Waals surface area contributed by atoms with Gasteiger partial charge in [0.2, 0.25) is 5.91 Å². The van der Waals surface area contributed by atoms with Crippen LogP contribution >= 0.6 is 0 Å². The zero-order chi connectivity index (χ0) is 21.4. The van der Waals surface area contributed by atoms with Gasteiger partial charge in [0.15, 0.2) is 11.5 Å². The number of amides is 1. The molecule has 0 bridgehead atoms. The third kappa shape index (κ3) is 3.36. The van der Waals surface area contributed by atoms with Crippen molar-refractivity contribution in [2.45, 2.75) is 25.2 Å². The Kier molecular flexibility index (Phi) is 4.73. The van der Waals surface area contributed by atoms with Gasteiger partial charge in [-0.3, -0.25) is 4.79 Å². The number of aromatic nitrogens is 2. The van der Waals surface area contributed by atoms with Crippen LogP contribution in [0.5, 0.6) is 17.2 Å². The van der Waals surface area contributed by atoms with Crippen LogP contribution in [0.2, 0.25) is 0 Å². The molecule has 2 aromatic carbocycles. The lowest BCUT2D eigenvalue weighted by molar-refractivity contribution is -0.121. The number of methoxy groups -OCH3 is 1. The summed E-state index contributed by atoms with van der Waals surface area (Å²) in [6.07, 6.45) is 3.19. The Morgan fingerprint density at radius 2 is 1.84 bits per heavy atom. The van der Waals surface area contributed by atoms with Gasteiger partial charge in [0, 0.05) is 31.0 Å². The lowest BCUT2D eigenvalue weighted by Crippen LogP contribution is -2.46. The van der Waals surface area contributed by atoms with Crippen LogP contribution in [-0.2, 0) is 10.2 Å². The van der Waals surface area contributed by atoms with Gasteiger partial charge < -0.3 is 19.7 Å². The minimum atomic E-state index is -0.563. The van der Waals surface area contributed by atoms with Crippen molar-refractivity contribution in [3.05, 3.63) is 66.1 Å². The summed E-state index contributed by atoms with van der Waals surface area (Å²) in [7, 11) is 1.62. The zero-order valence-electron chi connectivity index (χ0n) is 17.6. The van der Waals surface area contributed by atoms with Crippen LogP contribution in [0, 0.1) is 6.92 Å². The van der Waals surface area contributed by atoms with E-state index in [2.05, 4.69) is 20.2 Å². The molecule has 3 heterocycles. The summed E-state index contributed by atoms with van der Waals surface area (Å²) >= 11 is 0. The number of carbonyl (C=O) groups excluding carboxylic acids is 1. The number of nitrogens with zero attached hydrogens (tertiary/aromatic N) is 3. The van der Waals surface area contributed by atoms with Gasteiger partial charge in [0.05, 0.1) is 12.5 Å². The first kappa shape index (κ1) is 19.4. The fourth-order valence-electron chi connectivity index (χ4n) is 4.51. The zero-order valence-corrected chi connectivity index (χ0v) is 17.6. The van der Waals surface area contributed by atoms with Crippen LogP contribution in [0.25, 0.3) is 0 Å². The van der Waals surface area contributed by atoms with Crippen molar-refractivity contribution in [1.82, 2.24) is 9.97 Å². The van der Waals surface area contributed by atoms with E-state index >= 15 is 0 Å². The Morgan fingerprint density at radius 3 is 2.55 bits per heavy atom. The van der Waals surface area contributed by atoms with Crippen LogP contribution in [0.15, 0.2) is 54.7 Å². The second kappa shape index (κ2) is 7.58. The van der Waals surface area contributed by atoms with Gasteiger partial charge in [-0.15, -0.1) is 0 Å². The summed E-state index contributed by atoms with van der Waals surface area (Å²) in [5.74, 6) is 3.61. The van der Waals surface area contributed by atoms with Crippen LogP contribution in [0.1, 0.15) is 24.2 Å². The monoisotopic (exact) mass is 416 g/mol. The molecule has 0 aliphatic carbocycles.